The Morgan fingerprint density at radius 2 is 1.48 bits per heavy atom. The number of nitrogen functional groups attached to an aromatic ring is 1. The highest BCUT2D eigenvalue weighted by atomic mass is 19.1. The van der Waals surface area contributed by atoms with E-state index < -0.39 is 11.6 Å². The molecule has 0 spiro atoms. The molecule has 8 nitrogen and oxygen atoms in total. The Balaban J connectivity index is 1.13. The second-order valence-electron chi connectivity index (χ2n) is 9.92. The normalized spacial score (nSPS) is 14.2. The molecule has 2 N–H and O–H groups in total. The summed E-state index contributed by atoms with van der Waals surface area (Å²) in [7, 11) is 0. The van der Waals surface area contributed by atoms with Crippen molar-refractivity contribution < 1.29 is 18.3 Å². The van der Waals surface area contributed by atoms with Crippen LogP contribution in [0.1, 0.15) is 12.8 Å². The first-order valence-electron chi connectivity index (χ1n) is 13.5. The largest absolute Gasteiger partial charge is 0.493 e. The summed E-state index contributed by atoms with van der Waals surface area (Å²) in [6.45, 7) is 5.09. The van der Waals surface area contributed by atoms with Crippen LogP contribution in [0, 0.1) is 17.6 Å². The van der Waals surface area contributed by atoms with Crippen LogP contribution in [-0.2, 0) is 6.54 Å². The van der Waals surface area contributed by atoms with E-state index in [1.54, 1.807) is 11.0 Å². The van der Waals surface area contributed by atoms with Gasteiger partial charge in [-0.3, -0.25) is 4.68 Å². The Bertz CT molecular complexity index is 1330. The average molecular weight is 549 g/mol. The lowest BCUT2D eigenvalue weighted by molar-refractivity contribution is 0.162. The van der Waals surface area contributed by atoms with Crippen molar-refractivity contribution in [2.75, 3.05) is 54.9 Å². The lowest BCUT2D eigenvalue weighted by Gasteiger charge is -2.37. The number of nitrogens with two attached hydrogens (primary N) is 1. The van der Waals surface area contributed by atoms with Gasteiger partial charge in [0.1, 0.15) is 24.2 Å². The third-order valence-electron chi connectivity index (χ3n) is 7.06. The maximum Gasteiger partial charge on any atom is 0.167 e. The summed E-state index contributed by atoms with van der Waals surface area (Å²) < 4.78 is 40.9. The molecule has 0 radical (unpaired) electrons. The number of rotatable bonds is 12. The highest BCUT2D eigenvalue weighted by Crippen LogP contribution is 2.25. The maximum atomic E-state index is 14.1. The van der Waals surface area contributed by atoms with Gasteiger partial charge in [0, 0.05) is 61.8 Å². The summed E-state index contributed by atoms with van der Waals surface area (Å²) in [6.07, 6.45) is 4.78. The summed E-state index contributed by atoms with van der Waals surface area (Å²) in [4.78, 5) is 8.71. The van der Waals surface area contributed by atoms with E-state index in [1.165, 1.54) is 24.1 Å². The molecule has 1 aliphatic heterocycles. The van der Waals surface area contributed by atoms with Gasteiger partial charge in [-0.15, -0.1) is 0 Å². The summed E-state index contributed by atoms with van der Waals surface area (Å²) >= 11 is 0. The predicted molar refractivity (Wildman–Crippen MR) is 152 cm³/mol. The number of nitrogens with zero attached hydrogens (tertiary/aromatic N) is 5. The molecule has 1 saturated heterocycles. The Morgan fingerprint density at radius 3 is 2.10 bits per heavy atom. The van der Waals surface area contributed by atoms with Crippen molar-refractivity contribution in [2.24, 2.45) is 5.92 Å². The zero-order chi connectivity index (χ0) is 27.7. The second-order valence-corrected chi connectivity index (χ2v) is 9.92. The van der Waals surface area contributed by atoms with Gasteiger partial charge in [-0.2, -0.15) is 5.10 Å². The molecule has 10 heteroatoms. The number of hydrogen-bond acceptors (Lipinski definition) is 7. The van der Waals surface area contributed by atoms with Gasteiger partial charge in [-0.25, -0.2) is 13.8 Å². The molecule has 0 saturated carbocycles. The van der Waals surface area contributed by atoms with E-state index >= 15 is 0 Å². The van der Waals surface area contributed by atoms with Gasteiger partial charge in [0.25, 0.3) is 0 Å². The molecule has 5 rings (SSSR count). The number of piperazine rings is 1. The van der Waals surface area contributed by atoms with Crippen LogP contribution in [0.15, 0.2) is 79.4 Å². The summed E-state index contributed by atoms with van der Waals surface area (Å²) in [5.74, 6) is -0.562. The van der Waals surface area contributed by atoms with E-state index in [0.29, 0.717) is 13.2 Å². The molecular weight excluding hydrogens is 514 g/mol. The van der Waals surface area contributed by atoms with Crippen molar-refractivity contribution in [2.45, 2.75) is 19.4 Å². The fraction of sp³-hybridized carbons (Fsp3) is 0.333. The summed E-state index contributed by atoms with van der Waals surface area (Å²) in [5.41, 5.74) is 8.95. The van der Waals surface area contributed by atoms with E-state index in [-0.39, 0.29) is 18.3 Å². The van der Waals surface area contributed by atoms with Crippen LogP contribution in [0.2, 0.25) is 0 Å². The molecule has 0 bridgehead atoms. The highest BCUT2D eigenvalue weighted by Gasteiger charge is 2.18. The SMILES string of the molecule is Nc1ccc(N2CCN(c3ccc(OC[C@@H](CCCn4cncn4)COc4ccc(F)cc4F)cc3)CC2)cc1. The molecule has 1 aliphatic rings. The molecule has 3 aromatic carbocycles. The highest BCUT2D eigenvalue weighted by molar-refractivity contribution is 5.55. The first-order valence-corrected chi connectivity index (χ1v) is 13.5. The minimum absolute atomic E-state index is 0.00550. The van der Waals surface area contributed by atoms with Gasteiger partial charge < -0.3 is 25.0 Å². The van der Waals surface area contributed by atoms with Gasteiger partial charge in [0.2, 0.25) is 0 Å². The van der Waals surface area contributed by atoms with Crippen LogP contribution in [0.5, 0.6) is 11.5 Å². The molecular formula is C30H34F2N6O2. The first-order chi connectivity index (χ1) is 19.5. The van der Waals surface area contributed by atoms with Crippen molar-refractivity contribution in [1.82, 2.24) is 14.8 Å². The third kappa shape index (κ3) is 7.40. The van der Waals surface area contributed by atoms with Crippen molar-refractivity contribution in [1.29, 1.82) is 0 Å². The molecule has 0 aliphatic carbocycles. The lowest BCUT2D eigenvalue weighted by Crippen LogP contribution is -2.46. The number of aromatic nitrogens is 3. The molecule has 210 valence electrons. The van der Waals surface area contributed by atoms with Gasteiger partial charge in [-0.05, 0) is 73.5 Å². The van der Waals surface area contributed by atoms with Crippen molar-refractivity contribution in [3.05, 3.63) is 91.0 Å². The second kappa shape index (κ2) is 13.1. The Hall–Kier alpha value is -4.34. The zero-order valence-corrected chi connectivity index (χ0v) is 22.3. The number of aryl methyl sites for hydroxylation is 1. The number of anilines is 3. The average Bonchev–Trinajstić information content (AvgIpc) is 3.49. The minimum atomic E-state index is -0.716. The maximum absolute atomic E-state index is 14.1. The summed E-state index contributed by atoms with van der Waals surface area (Å²) in [5, 5.41) is 4.14. The van der Waals surface area contributed by atoms with Crippen LogP contribution in [-0.4, -0.2) is 54.2 Å². The smallest absolute Gasteiger partial charge is 0.167 e. The molecule has 4 aromatic rings. The van der Waals surface area contributed by atoms with Gasteiger partial charge in [0.05, 0.1) is 13.2 Å². The molecule has 1 fully saturated rings. The van der Waals surface area contributed by atoms with E-state index in [1.807, 2.05) is 24.3 Å². The van der Waals surface area contributed by atoms with E-state index in [0.717, 1.165) is 62.2 Å². The van der Waals surface area contributed by atoms with Gasteiger partial charge in [-0.1, -0.05) is 0 Å². The quantitative estimate of drug-likeness (QED) is 0.249. The molecule has 1 aromatic heterocycles. The Kier molecular flexibility index (Phi) is 8.95. The number of halogens is 2. The molecule has 2 heterocycles. The fourth-order valence-corrected chi connectivity index (χ4v) is 4.78. The van der Waals surface area contributed by atoms with Crippen molar-refractivity contribution in [3.8, 4) is 11.5 Å². The zero-order valence-electron chi connectivity index (χ0n) is 22.3. The number of benzene rings is 3. The van der Waals surface area contributed by atoms with E-state index in [2.05, 4.69) is 44.1 Å². The van der Waals surface area contributed by atoms with Crippen molar-refractivity contribution >= 4 is 17.1 Å². The Morgan fingerprint density at radius 1 is 0.825 bits per heavy atom. The lowest BCUT2D eigenvalue weighted by atomic mass is 10.1. The van der Waals surface area contributed by atoms with Crippen LogP contribution in [0.25, 0.3) is 0 Å². The molecule has 1 atom stereocenters. The van der Waals surface area contributed by atoms with Crippen LogP contribution >= 0.6 is 0 Å². The molecule has 0 unspecified atom stereocenters. The fourth-order valence-electron chi connectivity index (χ4n) is 4.78. The topological polar surface area (TPSA) is 81.7 Å². The number of hydrogen-bond donors (Lipinski definition) is 1. The Labute approximate surface area is 232 Å². The third-order valence-corrected chi connectivity index (χ3v) is 7.06. The summed E-state index contributed by atoms with van der Waals surface area (Å²) in [6, 6.07) is 19.5. The van der Waals surface area contributed by atoms with Crippen LogP contribution in [0.4, 0.5) is 25.8 Å². The first kappa shape index (κ1) is 27.2. The standard InChI is InChI=1S/C30H34F2N6O2/c31-24-3-12-30(29(32)18-24)40-20-23(2-1-13-38-22-34-21-35-38)19-39-28-10-8-27(9-11-28)37-16-14-36(15-17-37)26-6-4-25(33)5-7-26/h3-12,18,21-23H,1-2,13-17,19-20,33H2/t23-/m1/s1. The molecule has 0 amide bonds. The number of ether oxygens (including phenoxy) is 2. The van der Waals surface area contributed by atoms with Gasteiger partial charge in [0.15, 0.2) is 11.6 Å². The van der Waals surface area contributed by atoms with E-state index in [9.17, 15) is 8.78 Å². The molecule has 40 heavy (non-hydrogen) atoms. The monoisotopic (exact) mass is 548 g/mol. The van der Waals surface area contributed by atoms with Gasteiger partial charge >= 0.3 is 0 Å². The minimum Gasteiger partial charge on any atom is -0.493 e. The van der Waals surface area contributed by atoms with Crippen LogP contribution in [0.3, 0.4) is 0 Å². The van der Waals surface area contributed by atoms with Crippen molar-refractivity contribution in [3.63, 3.8) is 0 Å². The van der Waals surface area contributed by atoms with Crippen LogP contribution < -0.4 is 25.0 Å². The predicted octanol–water partition coefficient (Wildman–Crippen LogP) is 5.02. The van der Waals surface area contributed by atoms with E-state index in [4.69, 9.17) is 15.2 Å².